The Bertz CT molecular complexity index is 338. The summed E-state index contributed by atoms with van der Waals surface area (Å²) in [6.07, 6.45) is 4.90. The quantitative estimate of drug-likeness (QED) is 0.203. The molecule has 2 unspecified atom stereocenters. The van der Waals surface area contributed by atoms with Crippen molar-refractivity contribution < 1.29 is 14.4 Å². The maximum atomic E-state index is 11.7. The molecule has 0 aliphatic heterocycles. The molecule has 22 heavy (non-hydrogen) atoms. The highest BCUT2D eigenvalue weighted by atomic mass is 16.2. The van der Waals surface area contributed by atoms with E-state index >= 15 is 0 Å². The first kappa shape index (κ1) is 20.5. The summed E-state index contributed by atoms with van der Waals surface area (Å²) in [4.78, 5) is 34.2. The summed E-state index contributed by atoms with van der Waals surface area (Å²) in [5.74, 6) is -0.787. The van der Waals surface area contributed by atoms with Gasteiger partial charge in [-0.1, -0.05) is 6.42 Å². The number of rotatable bonds is 13. The molecule has 8 N–H and O–H groups in total. The van der Waals surface area contributed by atoms with E-state index in [1.54, 1.807) is 0 Å². The minimum absolute atomic E-state index is 0.190. The molecule has 2 amide bonds. The Morgan fingerprint density at radius 3 is 2.14 bits per heavy atom. The summed E-state index contributed by atoms with van der Waals surface area (Å²) >= 11 is 0. The minimum atomic E-state index is -0.647. The van der Waals surface area contributed by atoms with Gasteiger partial charge in [-0.15, -0.1) is 0 Å². The van der Waals surface area contributed by atoms with Gasteiger partial charge in [0.1, 0.15) is 6.29 Å². The van der Waals surface area contributed by atoms with Gasteiger partial charge in [0.15, 0.2) is 0 Å². The van der Waals surface area contributed by atoms with Gasteiger partial charge in [0.25, 0.3) is 0 Å². The molecule has 0 radical (unpaired) electrons. The number of aldehydes is 1. The van der Waals surface area contributed by atoms with Gasteiger partial charge in [-0.25, -0.2) is 0 Å². The molecular formula is C14H29N5O3. The van der Waals surface area contributed by atoms with E-state index in [4.69, 9.17) is 17.2 Å². The first-order valence-electron chi connectivity index (χ1n) is 7.73. The van der Waals surface area contributed by atoms with Crippen molar-refractivity contribution in [1.29, 1.82) is 0 Å². The molecule has 0 rings (SSSR count). The smallest absolute Gasteiger partial charge is 0.239 e. The molecule has 128 valence electrons. The van der Waals surface area contributed by atoms with E-state index in [-0.39, 0.29) is 12.5 Å². The van der Waals surface area contributed by atoms with Crippen LogP contribution in [0.5, 0.6) is 0 Å². The first-order valence-corrected chi connectivity index (χ1v) is 7.73. The number of carbonyl (C=O) groups is 3. The number of nitrogens with two attached hydrogens (primary N) is 3. The number of unbranched alkanes of at least 4 members (excludes halogenated alkanes) is 2. The van der Waals surface area contributed by atoms with Crippen LogP contribution in [0.3, 0.4) is 0 Å². The van der Waals surface area contributed by atoms with Crippen molar-refractivity contribution in [3.8, 4) is 0 Å². The van der Waals surface area contributed by atoms with Gasteiger partial charge in [-0.3, -0.25) is 9.59 Å². The highest BCUT2D eigenvalue weighted by molar-refractivity contribution is 5.88. The zero-order chi connectivity index (χ0) is 16.8. The van der Waals surface area contributed by atoms with E-state index in [0.717, 1.165) is 25.7 Å². The summed E-state index contributed by atoms with van der Waals surface area (Å²) in [6, 6.07) is -1.19. The standard InChI is InChI=1S/C14H29N5O3/c15-7-3-1-5-11(10-20)19-13(21)9-18-14(22)12(17)6-2-4-8-16/h10-12H,1-9,15-17H2,(H,18,22)(H,19,21). The lowest BCUT2D eigenvalue weighted by Crippen LogP contribution is -2.47. The molecule has 0 bridgehead atoms. The Labute approximate surface area is 131 Å². The summed E-state index contributed by atoms with van der Waals surface area (Å²) in [5.41, 5.74) is 16.4. The molecule has 0 heterocycles. The third-order valence-corrected chi connectivity index (χ3v) is 3.21. The summed E-state index contributed by atoms with van der Waals surface area (Å²) in [5, 5.41) is 5.01. The molecule has 2 atom stereocenters. The fourth-order valence-electron chi connectivity index (χ4n) is 1.88. The monoisotopic (exact) mass is 315 g/mol. The average Bonchev–Trinajstić information content (AvgIpc) is 2.51. The summed E-state index contributed by atoms with van der Waals surface area (Å²) in [7, 11) is 0. The lowest BCUT2D eigenvalue weighted by molar-refractivity contribution is -0.127. The normalized spacial score (nSPS) is 13.2. The molecule has 0 spiro atoms. The van der Waals surface area contributed by atoms with Crippen molar-refractivity contribution in [1.82, 2.24) is 10.6 Å². The number of nitrogens with one attached hydrogen (secondary N) is 2. The van der Waals surface area contributed by atoms with E-state index in [0.29, 0.717) is 32.2 Å². The molecule has 0 aromatic rings. The lowest BCUT2D eigenvalue weighted by Gasteiger charge is -2.14. The van der Waals surface area contributed by atoms with Crippen LogP contribution in [0.4, 0.5) is 0 Å². The predicted octanol–water partition coefficient (Wildman–Crippen LogP) is -1.63. The Balaban J connectivity index is 3.94. The van der Waals surface area contributed by atoms with Crippen LogP contribution in [0.2, 0.25) is 0 Å². The van der Waals surface area contributed by atoms with Crippen LogP contribution < -0.4 is 27.8 Å². The maximum Gasteiger partial charge on any atom is 0.239 e. The third-order valence-electron chi connectivity index (χ3n) is 3.21. The van der Waals surface area contributed by atoms with Gasteiger partial charge in [0, 0.05) is 0 Å². The molecule has 8 nitrogen and oxygen atoms in total. The van der Waals surface area contributed by atoms with Crippen LogP contribution in [0.1, 0.15) is 38.5 Å². The van der Waals surface area contributed by atoms with Gasteiger partial charge in [-0.05, 0) is 45.2 Å². The highest BCUT2D eigenvalue weighted by Crippen LogP contribution is 1.99. The second kappa shape index (κ2) is 13.2. The Kier molecular flexibility index (Phi) is 12.3. The molecule has 0 fully saturated rings. The number of hydrogen-bond donors (Lipinski definition) is 5. The van der Waals surface area contributed by atoms with Gasteiger partial charge in [0.05, 0.1) is 18.6 Å². The first-order chi connectivity index (χ1) is 10.5. The van der Waals surface area contributed by atoms with Crippen LogP contribution in [0.15, 0.2) is 0 Å². The molecule has 0 aromatic carbocycles. The number of hydrogen-bond acceptors (Lipinski definition) is 6. The topological polar surface area (TPSA) is 153 Å². The van der Waals surface area contributed by atoms with Crippen molar-refractivity contribution in [2.24, 2.45) is 17.2 Å². The Morgan fingerprint density at radius 2 is 1.59 bits per heavy atom. The van der Waals surface area contributed by atoms with Crippen LogP contribution in [0, 0.1) is 0 Å². The Hall–Kier alpha value is -1.51. The molecule has 0 aromatic heterocycles. The maximum absolute atomic E-state index is 11.7. The molecule has 0 aliphatic rings. The van der Waals surface area contributed by atoms with E-state index in [1.165, 1.54) is 0 Å². The summed E-state index contributed by atoms with van der Waals surface area (Å²) in [6.45, 7) is 0.927. The van der Waals surface area contributed by atoms with Gasteiger partial charge < -0.3 is 32.6 Å². The summed E-state index contributed by atoms with van der Waals surface area (Å²) < 4.78 is 0. The highest BCUT2D eigenvalue weighted by Gasteiger charge is 2.15. The van der Waals surface area contributed by atoms with Crippen molar-refractivity contribution in [2.45, 2.75) is 50.6 Å². The van der Waals surface area contributed by atoms with Crippen LogP contribution >= 0.6 is 0 Å². The van der Waals surface area contributed by atoms with Gasteiger partial charge in [-0.2, -0.15) is 0 Å². The second-order valence-corrected chi connectivity index (χ2v) is 5.20. The number of amides is 2. The predicted molar refractivity (Wildman–Crippen MR) is 84.8 cm³/mol. The van der Waals surface area contributed by atoms with E-state index in [9.17, 15) is 14.4 Å². The van der Waals surface area contributed by atoms with Crippen molar-refractivity contribution in [2.75, 3.05) is 19.6 Å². The van der Waals surface area contributed by atoms with Crippen molar-refractivity contribution in [3.05, 3.63) is 0 Å². The fraction of sp³-hybridized carbons (Fsp3) is 0.786. The fourth-order valence-corrected chi connectivity index (χ4v) is 1.88. The van der Waals surface area contributed by atoms with E-state index < -0.39 is 18.0 Å². The largest absolute Gasteiger partial charge is 0.346 e. The van der Waals surface area contributed by atoms with E-state index in [1.807, 2.05) is 0 Å². The van der Waals surface area contributed by atoms with E-state index in [2.05, 4.69) is 10.6 Å². The van der Waals surface area contributed by atoms with Gasteiger partial charge in [0.2, 0.25) is 11.8 Å². The molecular weight excluding hydrogens is 286 g/mol. The Morgan fingerprint density at radius 1 is 1.00 bits per heavy atom. The zero-order valence-electron chi connectivity index (χ0n) is 13.1. The molecule has 8 heteroatoms. The minimum Gasteiger partial charge on any atom is -0.346 e. The third kappa shape index (κ3) is 10.3. The zero-order valence-corrected chi connectivity index (χ0v) is 13.1. The van der Waals surface area contributed by atoms with Crippen LogP contribution in [-0.2, 0) is 14.4 Å². The van der Waals surface area contributed by atoms with Crippen molar-refractivity contribution >= 4 is 18.1 Å². The molecule has 0 saturated heterocycles. The van der Waals surface area contributed by atoms with Crippen molar-refractivity contribution in [3.63, 3.8) is 0 Å². The SMILES string of the molecule is NCCCCC(C=O)NC(=O)CNC(=O)C(N)CCCCN. The molecule has 0 saturated carbocycles. The average molecular weight is 315 g/mol. The van der Waals surface area contributed by atoms with Crippen LogP contribution in [0.25, 0.3) is 0 Å². The molecule has 0 aliphatic carbocycles. The second-order valence-electron chi connectivity index (χ2n) is 5.20. The van der Waals surface area contributed by atoms with Gasteiger partial charge >= 0.3 is 0 Å². The lowest BCUT2D eigenvalue weighted by atomic mass is 10.1. The van der Waals surface area contributed by atoms with Crippen LogP contribution in [-0.4, -0.2) is 49.8 Å². The number of carbonyl (C=O) groups excluding carboxylic acids is 3.